The maximum Gasteiger partial charge on any atom is 0.244 e. The molecule has 2 N–H and O–H groups in total. The monoisotopic (exact) mass is 295 g/mol. The van der Waals surface area contributed by atoms with Crippen LogP contribution in [0.4, 0.5) is 0 Å². The Morgan fingerprint density at radius 3 is 3.00 bits per heavy atom. The normalized spacial score (nSPS) is 19.6. The Balaban J connectivity index is 2.26. The summed E-state index contributed by atoms with van der Waals surface area (Å²) in [5.41, 5.74) is 5.84. The Morgan fingerprint density at radius 1 is 1.55 bits per heavy atom. The van der Waals surface area contributed by atoms with Crippen molar-refractivity contribution in [2.75, 3.05) is 26.7 Å². The van der Waals surface area contributed by atoms with Gasteiger partial charge in [-0.05, 0) is 12.5 Å². The van der Waals surface area contributed by atoms with E-state index in [1.807, 2.05) is 0 Å². The van der Waals surface area contributed by atoms with E-state index in [1.165, 1.54) is 22.8 Å². The van der Waals surface area contributed by atoms with E-state index in [2.05, 4.69) is 16.8 Å². The first-order valence-electron chi connectivity index (χ1n) is 6.25. The Labute approximate surface area is 119 Å². The fourth-order valence-corrected chi connectivity index (χ4v) is 3.52. The Bertz CT molecular complexity index is 634. The predicted molar refractivity (Wildman–Crippen MR) is 74.3 cm³/mol. The van der Waals surface area contributed by atoms with Crippen LogP contribution in [0, 0.1) is 11.8 Å². The summed E-state index contributed by atoms with van der Waals surface area (Å²) in [5.74, 6) is 5.46. The smallest absolute Gasteiger partial charge is 0.244 e. The molecule has 0 spiro atoms. The second-order valence-corrected chi connectivity index (χ2v) is 6.36. The van der Waals surface area contributed by atoms with Gasteiger partial charge in [0.05, 0.1) is 12.6 Å². The van der Waals surface area contributed by atoms with Crippen LogP contribution in [-0.2, 0) is 14.8 Å². The van der Waals surface area contributed by atoms with E-state index in [0.717, 1.165) is 0 Å². The van der Waals surface area contributed by atoms with Crippen LogP contribution in [0.5, 0.6) is 0 Å². The SMILES string of the molecule is COC1CCN(S(=O)(=O)c2cncc(C#CCN)c2)C1. The molecule has 1 aliphatic heterocycles. The summed E-state index contributed by atoms with van der Waals surface area (Å²) in [6.45, 7) is 1.05. The molecule has 20 heavy (non-hydrogen) atoms. The van der Waals surface area contributed by atoms with Gasteiger partial charge in [-0.1, -0.05) is 11.8 Å². The lowest BCUT2D eigenvalue weighted by molar-refractivity contribution is 0.115. The molecule has 1 aliphatic rings. The molecule has 0 aliphatic carbocycles. The summed E-state index contributed by atoms with van der Waals surface area (Å²) in [6.07, 6.45) is 3.51. The largest absolute Gasteiger partial charge is 0.380 e. The number of hydrogen-bond donors (Lipinski definition) is 1. The zero-order valence-electron chi connectivity index (χ0n) is 11.2. The summed E-state index contributed by atoms with van der Waals surface area (Å²) in [4.78, 5) is 4.09. The summed E-state index contributed by atoms with van der Waals surface area (Å²) in [7, 11) is -1.95. The van der Waals surface area contributed by atoms with Crippen LogP contribution in [0.2, 0.25) is 0 Å². The maximum absolute atomic E-state index is 12.5. The number of sulfonamides is 1. The fourth-order valence-electron chi connectivity index (χ4n) is 2.04. The Hall–Kier alpha value is -1.46. The lowest BCUT2D eigenvalue weighted by Gasteiger charge is -2.16. The average molecular weight is 295 g/mol. The van der Waals surface area contributed by atoms with Crippen LogP contribution in [0.3, 0.4) is 0 Å². The van der Waals surface area contributed by atoms with Gasteiger partial charge < -0.3 is 10.5 Å². The number of aromatic nitrogens is 1. The quantitative estimate of drug-likeness (QED) is 0.781. The van der Waals surface area contributed by atoms with Crippen LogP contribution in [0.1, 0.15) is 12.0 Å². The van der Waals surface area contributed by atoms with Crippen LogP contribution in [0.15, 0.2) is 23.4 Å². The van der Waals surface area contributed by atoms with Gasteiger partial charge in [0, 0.05) is 38.2 Å². The maximum atomic E-state index is 12.5. The highest BCUT2D eigenvalue weighted by molar-refractivity contribution is 7.89. The number of nitrogens with two attached hydrogens (primary N) is 1. The van der Waals surface area contributed by atoms with E-state index in [-0.39, 0.29) is 17.5 Å². The first kappa shape index (κ1) is 14.9. The van der Waals surface area contributed by atoms with Crippen molar-refractivity contribution >= 4 is 10.0 Å². The molecule has 0 saturated carbocycles. The third kappa shape index (κ3) is 3.16. The number of nitrogens with zero attached hydrogens (tertiary/aromatic N) is 2. The molecular formula is C13H17N3O3S. The molecule has 1 fully saturated rings. The van der Waals surface area contributed by atoms with Crippen LogP contribution in [-0.4, -0.2) is 50.6 Å². The molecule has 1 unspecified atom stereocenters. The molecule has 1 aromatic heterocycles. The van der Waals surface area contributed by atoms with Crippen molar-refractivity contribution in [3.05, 3.63) is 24.0 Å². The third-order valence-electron chi connectivity index (χ3n) is 3.13. The number of ether oxygens (including phenoxy) is 1. The summed E-state index contributed by atoms with van der Waals surface area (Å²) in [5, 5.41) is 0. The number of hydrogen-bond acceptors (Lipinski definition) is 5. The lowest BCUT2D eigenvalue weighted by atomic mass is 10.3. The van der Waals surface area contributed by atoms with Gasteiger partial charge in [0.25, 0.3) is 0 Å². The molecule has 0 amide bonds. The average Bonchev–Trinajstić information content (AvgIpc) is 2.95. The van der Waals surface area contributed by atoms with Crippen molar-refractivity contribution in [2.24, 2.45) is 5.73 Å². The van der Waals surface area contributed by atoms with Gasteiger partial charge >= 0.3 is 0 Å². The van der Waals surface area contributed by atoms with Gasteiger partial charge in [-0.15, -0.1) is 0 Å². The van der Waals surface area contributed by atoms with Gasteiger partial charge in [0.15, 0.2) is 0 Å². The number of pyridine rings is 1. The van der Waals surface area contributed by atoms with Gasteiger partial charge in [-0.3, -0.25) is 4.98 Å². The molecule has 2 heterocycles. The van der Waals surface area contributed by atoms with E-state index >= 15 is 0 Å². The van der Waals surface area contributed by atoms with Crippen molar-refractivity contribution in [1.82, 2.24) is 9.29 Å². The van der Waals surface area contributed by atoms with E-state index < -0.39 is 10.0 Å². The second kappa shape index (κ2) is 6.33. The van der Waals surface area contributed by atoms with Crippen molar-refractivity contribution in [2.45, 2.75) is 17.4 Å². The molecule has 0 bridgehead atoms. The standard InChI is InChI=1S/C13H17N3O3S/c1-19-12-4-6-16(10-12)20(17,18)13-7-11(3-2-5-14)8-15-9-13/h7-9,12H,4-6,10,14H2,1H3. The molecule has 1 atom stereocenters. The zero-order valence-corrected chi connectivity index (χ0v) is 12.1. The summed E-state index contributed by atoms with van der Waals surface area (Å²) < 4.78 is 31.6. The van der Waals surface area contributed by atoms with Gasteiger partial charge in [0.1, 0.15) is 4.90 Å². The van der Waals surface area contributed by atoms with E-state index in [1.54, 1.807) is 7.11 Å². The van der Waals surface area contributed by atoms with Crippen molar-refractivity contribution < 1.29 is 13.2 Å². The molecule has 0 radical (unpaired) electrons. The molecule has 1 saturated heterocycles. The Morgan fingerprint density at radius 2 is 2.35 bits per heavy atom. The van der Waals surface area contributed by atoms with Gasteiger partial charge in [0.2, 0.25) is 10.0 Å². The minimum absolute atomic E-state index is 0.0436. The third-order valence-corrected chi connectivity index (χ3v) is 4.96. The fraction of sp³-hybridized carbons (Fsp3) is 0.462. The molecule has 108 valence electrons. The van der Waals surface area contributed by atoms with Gasteiger partial charge in [-0.25, -0.2) is 8.42 Å². The van der Waals surface area contributed by atoms with E-state index in [4.69, 9.17) is 10.5 Å². The van der Waals surface area contributed by atoms with Crippen molar-refractivity contribution in [1.29, 1.82) is 0 Å². The first-order chi connectivity index (χ1) is 9.57. The Kier molecular flexibility index (Phi) is 4.73. The lowest BCUT2D eigenvalue weighted by Crippen LogP contribution is -2.30. The molecule has 1 aromatic rings. The summed E-state index contributed by atoms with van der Waals surface area (Å²) in [6, 6.07) is 1.52. The van der Waals surface area contributed by atoms with Crippen molar-refractivity contribution in [3.8, 4) is 11.8 Å². The molecule has 2 rings (SSSR count). The minimum atomic E-state index is -3.54. The van der Waals surface area contributed by atoms with E-state index in [9.17, 15) is 8.42 Å². The highest BCUT2D eigenvalue weighted by atomic mass is 32.2. The highest BCUT2D eigenvalue weighted by Gasteiger charge is 2.32. The first-order valence-corrected chi connectivity index (χ1v) is 7.69. The second-order valence-electron chi connectivity index (χ2n) is 4.42. The zero-order chi connectivity index (χ0) is 14.6. The molecule has 6 nitrogen and oxygen atoms in total. The highest BCUT2D eigenvalue weighted by Crippen LogP contribution is 2.22. The van der Waals surface area contributed by atoms with Crippen LogP contribution in [0.25, 0.3) is 0 Å². The molecule has 7 heteroatoms. The van der Waals surface area contributed by atoms with Crippen LogP contribution < -0.4 is 5.73 Å². The number of rotatable bonds is 3. The summed E-state index contributed by atoms with van der Waals surface area (Å²) >= 11 is 0. The predicted octanol–water partition coefficient (Wildman–Crippen LogP) is -0.199. The molecule has 0 aromatic carbocycles. The minimum Gasteiger partial charge on any atom is -0.380 e. The topological polar surface area (TPSA) is 85.5 Å². The van der Waals surface area contributed by atoms with Crippen molar-refractivity contribution in [3.63, 3.8) is 0 Å². The van der Waals surface area contributed by atoms with E-state index in [0.29, 0.717) is 25.1 Å². The molecular weight excluding hydrogens is 278 g/mol. The number of methoxy groups -OCH3 is 1. The van der Waals surface area contributed by atoms with Crippen LogP contribution >= 0.6 is 0 Å². The van der Waals surface area contributed by atoms with Gasteiger partial charge in [-0.2, -0.15) is 4.31 Å².